The summed E-state index contributed by atoms with van der Waals surface area (Å²) in [6.07, 6.45) is 8.90. The molecule has 2 N–H and O–H groups in total. The number of hydrogen-bond acceptors (Lipinski definition) is 8. The Hall–Kier alpha value is -4.16. The molecule has 184 valence electrons. The zero-order valence-electron chi connectivity index (χ0n) is 20.4. The second kappa shape index (κ2) is 9.84. The van der Waals surface area contributed by atoms with Crippen LogP contribution in [0.15, 0.2) is 61.2 Å². The Labute approximate surface area is 210 Å². The molecule has 0 aromatic carbocycles. The fourth-order valence-electron chi connectivity index (χ4n) is 4.38. The first kappa shape index (κ1) is 23.6. The number of aliphatic hydroxyl groups is 1. The Balaban J connectivity index is 1.34. The first-order valence-corrected chi connectivity index (χ1v) is 12.1. The molecule has 4 aromatic rings. The van der Waals surface area contributed by atoms with E-state index in [4.69, 9.17) is 9.72 Å². The van der Waals surface area contributed by atoms with Gasteiger partial charge in [-0.25, -0.2) is 14.5 Å². The standard InChI is InChI=1S/C27H29N7O2/c1-27(2,35)18-36-22-13-23(26-20(14-28)16-31-34(26)17-22)19-6-7-25(30-15-19)33-11-8-21(9-12-33)32-24-5-3-4-10-29-24/h3-7,10,13,15-17,21,35H,8-9,11-12,18H2,1-2H3,(H,29,32). The Morgan fingerprint density at radius 3 is 2.67 bits per heavy atom. The van der Waals surface area contributed by atoms with Gasteiger partial charge in [-0.15, -0.1) is 0 Å². The van der Waals surface area contributed by atoms with Crippen LogP contribution in [0.2, 0.25) is 0 Å². The van der Waals surface area contributed by atoms with Crippen molar-refractivity contribution >= 4 is 17.2 Å². The molecule has 0 radical (unpaired) electrons. The minimum Gasteiger partial charge on any atom is -0.489 e. The molecule has 0 aliphatic carbocycles. The summed E-state index contributed by atoms with van der Waals surface area (Å²) in [4.78, 5) is 11.4. The average Bonchev–Trinajstić information content (AvgIpc) is 3.31. The van der Waals surface area contributed by atoms with E-state index in [9.17, 15) is 10.4 Å². The third-order valence-corrected chi connectivity index (χ3v) is 6.19. The molecule has 9 nitrogen and oxygen atoms in total. The summed E-state index contributed by atoms with van der Waals surface area (Å²) >= 11 is 0. The zero-order chi connectivity index (χ0) is 25.1. The maximum atomic E-state index is 10.1. The Morgan fingerprint density at radius 1 is 1.17 bits per heavy atom. The molecule has 0 spiro atoms. The van der Waals surface area contributed by atoms with E-state index >= 15 is 0 Å². The highest BCUT2D eigenvalue weighted by Gasteiger charge is 2.21. The molecule has 4 aromatic heterocycles. The Morgan fingerprint density at radius 2 is 2.00 bits per heavy atom. The van der Waals surface area contributed by atoms with Crippen molar-refractivity contribution in [2.75, 3.05) is 29.9 Å². The van der Waals surface area contributed by atoms with Crippen molar-refractivity contribution in [2.45, 2.75) is 38.3 Å². The molecule has 1 aliphatic rings. The number of hydrogen-bond donors (Lipinski definition) is 2. The lowest BCUT2D eigenvalue weighted by Crippen LogP contribution is -2.39. The summed E-state index contributed by atoms with van der Waals surface area (Å²) in [5.41, 5.74) is 1.87. The molecule has 0 bridgehead atoms. The fraction of sp³-hybridized carbons (Fsp3) is 0.333. The smallest absolute Gasteiger partial charge is 0.138 e. The van der Waals surface area contributed by atoms with E-state index in [1.54, 1.807) is 37.0 Å². The molecule has 36 heavy (non-hydrogen) atoms. The van der Waals surface area contributed by atoms with Crippen LogP contribution in [0, 0.1) is 11.3 Å². The van der Waals surface area contributed by atoms with Crippen LogP contribution >= 0.6 is 0 Å². The van der Waals surface area contributed by atoms with E-state index in [1.165, 1.54) is 0 Å². The van der Waals surface area contributed by atoms with Gasteiger partial charge in [-0.3, -0.25) is 0 Å². The highest BCUT2D eigenvalue weighted by molar-refractivity contribution is 5.85. The third-order valence-electron chi connectivity index (χ3n) is 6.19. The van der Waals surface area contributed by atoms with Gasteiger partial charge < -0.3 is 20.1 Å². The molecule has 1 aliphatic heterocycles. The van der Waals surface area contributed by atoms with Crippen molar-refractivity contribution in [1.82, 2.24) is 19.6 Å². The summed E-state index contributed by atoms with van der Waals surface area (Å²) in [5, 5.41) is 27.5. The number of nitriles is 1. The maximum absolute atomic E-state index is 10.1. The number of aromatic nitrogens is 4. The molecule has 5 heterocycles. The Kier molecular flexibility index (Phi) is 6.44. The van der Waals surface area contributed by atoms with Gasteiger partial charge in [-0.1, -0.05) is 6.07 Å². The number of rotatable bonds is 7. The van der Waals surface area contributed by atoms with Crippen LogP contribution in [0.4, 0.5) is 11.6 Å². The van der Waals surface area contributed by atoms with Gasteiger partial charge in [0.05, 0.1) is 29.1 Å². The molecule has 0 unspecified atom stereocenters. The monoisotopic (exact) mass is 483 g/mol. The van der Waals surface area contributed by atoms with Gasteiger partial charge in [-0.2, -0.15) is 10.4 Å². The van der Waals surface area contributed by atoms with E-state index in [1.807, 2.05) is 42.6 Å². The first-order chi connectivity index (χ1) is 17.4. The number of piperidine rings is 1. The Bertz CT molecular complexity index is 1360. The number of ether oxygens (including phenoxy) is 1. The normalized spacial score (nSPS) is 14.6. The van der Waals surface area contributed by atoms with Gasteiger partial charge in [0.25, 0.3) is 0 Å². The van der Waals surface area contributed by atoms with Crippen molar-refractivity contribution in [1.29, 1.82) is 5.26 Å². The van der Waals surface area contributed by atoms with Crippen LogP contribution in [0.1, 0.15) is 32.3 Å². The van der Waals surface area contributed by atoms with Crippen LogP contribution in [0.5, 0.6) is 5.75 Å². The van der Waals surface area contributed by atoms with Crippen molar-refractivity contribution < 1.29 is 9.84 Å². The van der Waals surface area contributed by atoms with E-state index in [0.717, 1.165) is 48.7 Å². The number of nitrogens with one attached hydrogen (secondary N) is 1. The zero-order valence-corrected chi connectivity index (χ0v) is 20.4. The SMILES string of the molecule is CC(C)(O)COc1cc(-c2ccc(N3CCC(Nc4ccccn4)CC3)nc2)c2c(C#N)cnn2c1. The summed E-state index contributed by atoms with van der Waals surface area (Å²) in [5.74, 6) is 2.39. The average molecular weight is 484 g/mol. The summed E-state index contributed by atoms with van der Waals surface area (Å²) < 4.78 is 7.46. The number of pyridine rings is 3. The van der Waals surface area contributed by atoms with Gasteiger partial charge in [0.2, 0.25) is 0 Å². The maximum Gasteiger partial charge on any atom is 0.138 e. The topological polar surface area (TPSA) is 112 Å². The van der Waals surface area contributed by atoms with Crippen molar-refractivity contribution in [3.05, 3.63) is 66.7 Å². The predicted molar refractivity (Wildman–Crippen MR) is 138 cm³/mol. The molecule has 1 fully saturated rings. The third kappa shape index (κ3) is 5.24. The second-order valence-corrected chi connectivity index (χ2v) is 9.68. The van der Waals surface area contributed by atoms with E-state index in [-0.39, 0.29) is 6.61 Å². The van der Waals surface area contributed by atoms with Gasteiger partial charge in [0, 0.05) is 42.7 Å². The lowest BCUT2D eigenvalue weighted by atomic mass is 10.0. The van der Waals surface area contributed by atoms with Crippen molar-refractivity contribution in [3.8, 4) is 22.9 Å². The number of fused-ring (bicyclic) bond motifs is 1. The van der Waals surface area contributed by atoms with Gasteiger partial charge in [0.15, 0.2) is 0 Å². The lowest BCUT2D eigenvalue weighted by Gasteiger charge is -2.33. The molecule has 0 amide bonds. The van der Waals surface area contributed by atoms with Crippen molar-refractivity contribution in [3.63, 3.8) is 0 Å². The molecule has 1 saturated heterocycles. The van der Waals surface area contributed by atoms with Gasteiger partial charge in [-0.05, 0) is 57.0 Å². The lowest BCUT2D eigenvalue weighted by molar-refractivity contribution is 0.0283. The van der Waals surface area contributed by atoms with E-state index in [2.05, 4.69) is 26.4 Å². The molecular formula is C27H29N7O2. The summed E-state index contributed by atoms with van der Waals surface area (Å²) in [6, 6.07) is 14.4. The van der Waals surface area contributed by atoms with E-state index < -0.39 is 5.60 Å². The van der Waals surface area contributed by atoms with Crippen LogP contribution in [-0.4, -0.2) is 56.0 Å². The molecule has 0 saturated carbocycles. The van der Waals surface area contributed by atoms with Gasteiger partial charge >= 0.3 is 0 Å². The highest BCUT2D eigenvalue weighted by atomic mass is 16.5. The minimum atomic E-state index is -0.971. The summed E-state index contributed by atoms with van der Waals surface area (Å²) in [7, 11) is 0. The molecule has 5 rings (SSSR count). The highest BCUT2D eigenvalue weighted by Crippen LogP contribution is 2.32. The van der Waals surface area contributed by atoms with Crippen LogP contribution in [-0.2, 0) is 0 Å². The van der Waals surface area contributed by atoms with Gasteiger partial charge in [0.1, 0.15) is 30.1 Å². The second-order valence-electron chi connectivity index (χ2n) is 9.68. The van der Waals surface area contributed by atoms with Crippen LogP contribution in [0.25, 0.3) is 16.6 Å². The number of nitrogens with zero attached hydrogens (tertiary/aromatic N) is 6. The molecular weight excluding hydrogens is 454 g/mol. The summed E-state index contributed by atoms with van der Waals surface area (Å²) in [6.45, 7) is 5.32. The van der Waals surface area contributed by atoms with Crippen LogP contribution in [0.3, 0.4) is 0 Å². The predicted octanol–water partition coefficient (Wildman–Crippen LogP) is 3.89. The molecule has 9 heteroatoms. The number of anilines is 2. The van der Waals surface area contributed by atoms with Crippen LogP contribution < -0.4 is 15.0 Å². The largest absolute Gasteiger partial charge is 0.489 e. The molecule has 0 atom stereocenters. The quantitative estimate of drug-likeness (QED) is 0.407. The fourth-order valence-corrected chi connectivity index (χ4v) is 4.38. The van der Waals surface area contributed by atoms with Crippen molar-refractivity contribution in [2.24, 2.45) is 0 Å². The van der Waals surface area contributed by atoms with E-state index in [0.29, 0.717) is 22.9 Å². The minimum absolute atomic E-state index is 0.132. The first-order valence-electron chi connectivity index (χ1n) is 12.1.